The van der Waals surface area contributed by atoms with Crippen molar-refractivity contribution >= 4 is 23.2 Å². The minimum absolute atomic E-state index is 0.0463. The first-order chi connectivity index (χ1) is 14.9. The fourth-order valence-corrected chi connectivity index (χ4v) is 4.67. The normalized spacial score (nSPS) is 18.6. The highest BCUT2D eigenvalue weighted by Crippen LogP contribution is 2.52. The van der Waals surface area contributed by atoms with Gasteiger partial charge in [-0.25, -0.2) is 9.89 Å². The van der Waals surface area contributed by atoms with Gasteiger partial charge < -0.3 is 4.74 Å². The van der Waals surface area contributed by atoms with Crippen LogP contribution in [-0.2, 0) is 6.42 Å². The van der Waals surface area contributed by atoms with E-state index in [-0.39, 0.29) is 38.8 Å². The number of nitrogens with one attached hydrogen (secondary N) is 2. The summed E-state index contributed by atoms with van der Waals surface area (Å²) in [6.45, 7) is 0. The van der Waals surface area contributed by atoms with Crippen LogP contribution in [0.15, 0.2) is 26.5 Å². The molecule has 0 unspecified atom stereocenters. The zero-order valence-corrected chi connectivity index (χ0v) is 17.1. The van der Waals surface area contributed by atoms with Crippen molar-refractivity contribution in [3.63, 3.8) is 0 Å². The molecule has 0 saturated heterocycles. The van der Waals surface area contributed by atoms with Crippen molar-refractivity contribution in [2.75, 3.05) is 0 Å². The van der Waals surface area contributed by atoms with Gasteiger partial charge in [-0.15, -0.1) is 10.2 Å². The molecule has 0 radical (unpaired) electrons. The van der Waals surface area contributed by atoms with Crippen molar-refractivity contribution in [1.82, 2.24) is 25.0 Å². The lowest BCUT2D eigenvalue weighted by molar-refractivity contribution is 0.228. The number of nitriles is 1. The SMILES string of the molecule is N#Cc1nn(-c2cc(Cl)c(Oc3n[nH]c(=O)c4c3C3CC(C4)C3)c(Cl)c2)c(=O)[nH]c1=O. The molecule has 6 rings (SSSR count). The summed E-state index contributed by atoms with van der Waals surface area (Å²) in [5.74, 6) is 1.05. The van der Waals surface area contributed by atoms with E-state index in [1.807, 2.05) is 4.98 Å². The Labute approximate surface area is 183 Å². The largest absolute Gasteiger partial charge is 0.434 e. The maximum Gasteiger partial charge on any atom is 0.349 e. The molecular formula is C19H12Cl2N6O4. The smallest absolute Gasteiger partial charge is 0.349 e. The molecule has 2 bridgehead atoms. The van der Waals surface area contributed by atoms with E-state index < -0.39 is 16.9 Å². The molecule has 0 amide bonds. The summed E-state index contributed by atoms with van der Waals surface area (Å²) in [5.41, 5.74) is -0.891. The first kappa shape index (κ1) is 19.5. The summed E-state index contributed by atoms with van der Waals surface area (Å²) in [6.07, 6.45) is 2.65. The fourth-order valence-electron chi connectivity index (χ4n) is 4.12. The van der Waals surface area contributed by atoms with Crippen LogP contribution in [-0.4, -0.2) is 25.0 Å². The van der Waals surface area contributed by atoms with Crippen molar-refractivity contribution in [2.24, 2.45) is 5.92 Å². The maximum atomic E-state index is 12.2. The summed E-state index contributed by atoms with van der Waals surface area (Å²) < 4.78 is 6.71. The Morgan fingerprint density at radius 2 is 1.87 bits per heavy atom. The summed E-state index contributed by atoms with van der Waals surface area (Å²) in [7, 11) is 0. The Hall–Kier alpha value is -3.42. The van der Waals surface area contributed by atoms with Crippen LogP contribution in [0.4, 0.5) is 0 Å². The van der Waals surface area contributed by atoms with E-state index in [0.717, 1.165) is 23.1 Å². The zero-order valence-electron chi connectivity index (χ0n) is 15.6. The van der Waals surface area contributed by atoms with E-state index in [1.54, 1.807) is 6.07 Å². The first-order valence-corrected chi connectivity index (χ1v) is 10.0. The average molecular weight is 459 g/mol. The third-order valence-electron chi connectivity index (χ3n) is 5.59. The molecule has 10 nitrogen and oxygen atoms in total. The van der Waals surface area contributed by atoms with E-state index in [1.165, 1.54) is 12.1 Å². The lowest BCUT2D eigenvalue weighted by Crippen LogP contribution is -2.36. The lowest BCUT2D eigenvalue weighted by Gasteiger charge is -2.42. The average Bonchev–Trinajstić information content (AvgIpc) is 2.71. The molecule has 3 aliphatic carbocycles. The molecule has 1 aromatic carbocycles. The molecule has 2 aromatic heterocycles. The van der Waals surface area contributed by atoms with Crippen molar-refractivity contribution in [1.29, 1.82) is 5.26 Å². The van der Waals surface area contributed by atoms with Gasteiger partial charge in [0.2, 0.25) is 11.6 Å². The monoisotopic (exact) mass is 458 g/mol. The van der Waals surface area contributed by atoms with Crippen LogP contribution >= 0.6 is 23.2 Å². The van der Waals surface area contributed by atoms with E-state index in [2.05, 4.69) is 15.3 Å². The van der Waals surface area contributed by atoms with Crippen LogP contribution in [0.2, 0.25) is 10.0 Å². The van der Waals surface area contributed by atoms with Gasteiger partial charge in [-0.3, -0.25) is 14.6 Å². The van der Waals surface area contributed by atoms with Crippen LogP contribution in [0.3, 0.4) is 0 Å². The number of benzene rings is 1. The molecule has 31 heavy (non-hydrogen) atoms. The number of aromatic amines is 2. The number of aromatic nitrogens is 5. The van der Waals surface area contributed by atoms with Gasteiger partial charge in [0, 0.05) is 11.1 Å². The second-order valence-electron chi connectivity index (χ2n) is 7.46. The van der Waals surface area contributed by atoms with Crippen LogP contribution in [0, 0.1) is 17.2 Å². The Bertz CT molecular complexity index is 1440. The molecule has 156 valence electrons. The molecule has 2 N–H and O–H groups in total. The van der Waals surface area contributed by atoms with Crippen molar-refractivity contribution in [3.8, 4) is 23.4 Å². The molecule has 2 heterocycles. The van der Waals surface area contributed by atoms with Crippen molar-refractivity contribution in [2.45, 2.75) is 25.2 Å². The van der Waals surface area contributed by atoms with Crippen LogP contribution in [0.25, 0.3) is 5.69 Å². The Morgan fingerprint density at radius 3 is 2.55 bits per heavy atom. The molecule has 3 aliphatic rings. The Morgan fingerprint density at radius 1 is 1.16 bits per heavy atom. The van der Waals surface area contributed by atoms with E-state index in [9.17, 15) is 14.4 Å². The topological polar surface area (TPSA) is 147 Å². The predicted molar refractivity (Wildman–Crippen MR) is 109 cm³/mol. The number of hydrogen-bond acceptors (Lipinski definition) is 7. The minimum atomic E-state index is -0.895. The Kier molecular flexibility index (Phi) is 4.46. The van der Waals surface area contributed by atoms with Gasteiger partial charge in [0.15, 0.2) is 5.75 Å². The maximum absolute atomic E-state index is 12.2. The number of halogens is 2. The summed E-state index contributed by atoms with van der Waals surface area (Å²) in [6, 6.07) is 4.32. The number of rotatable bonds is 3. The standard InChI is InChI=1S/C19H12Cl2N6O4/c20-11-4-9(27-19(30)23-17(29)13(6-22)26-27)5-12(21)15(11)31-18-14-8-1-7(2-8)3-10(14)16(28)24-25-18/h4-5,7-8H,1-3H2,(H,24,28)(H,23,29,30). The quantitative estimate of drug-likeness (QED) is 0.609. The minimum Gasteiger partial charge on any atom is -0.434 e. The van der Waals surface area contributed by atoms with E-state index >= 15 is 0 Å². The van der Waals surface area contributed by atoms with E-state index in [4.69, 9.17) is 33.2 Å². The van der Waals surface area contributed by atoms with Crippen LogP contribution in [0.5, 0.6) is 11.6 Å². The van der Waals surface area contributed by atoms with Crippen LogP contribution in [0.1, 0.15) is 35.6 Å². The van der Waals surface area contributed by atoms with Gasteiger partial charge in [-0.1, -0.05) is 23.2 Å². The van der Waals surface area contributed by atoms with E-state index in [0.29, 0.717) is 17.9 Å². The number of ether oxygens (including phenoxy) is 1. The number of nitrogens with zero attached hydrogens (tertiary/aromatic N) is 4. The van der Waals surface area contributed by atoms with Gasteiger partial charge >= 0.3 is 5.69 Å². The van der Waals surface area contributed by atoms with Gasteiger partial charge in [-0.2, -0.15) is 9.94 Å². The second-order valence-corrected chi connectivity index (χ2v) is 8.28. The van der Waals surface area contributed by atoms with Gasteiger partial charge in [0.25, 0.3) is 11.1 Å². The van der Waals surface area contributed by atoms with Crippen LogP contribution < -0.4 is 21.5 Å². The van der Waals surface area contributed by atoms with Gasteiger partial charge in [0.1, 0.15) is 6.07 Å². The highest BCUT2D eigenvalue weighted by Gasteiger charge is 2.41. The zero-order chi connectivity index (χ0) is 21.9. The molecule has 0 aliphatic heterocycles. The van der Waals surface area contributed by atoms with Crippen molar-refractivity contribution < 1.29 is 4.74 Å². The summed E-state index contributed by atoms with van der Waals surface area (Å²) in [4.78, 5) is 37.8. The number of hydrogen-bond donors (Lipinski definition) is 2. The highest BCUT2D eigenvalue weighted by atomic mass is 35.5. The molecular weight excluding hydrogens is 447 g/mol. The van der Waals surface area contributed by atoms with Crippen molar-refractivity contribution in [3.05, 3.63) is 70.2 Å². The molecule has 3 aromatic rings. The van der Waals surface area contributed by atoms with Gasteiger partial charge in [-0.05, 0) is 43.2 Å². The third kappa shape index (κ3) is 3.13. The summed E-state index contributed by atoms with van der Waals surface area (Å²) >= 11 is 12.7. The fraction of sp³-hybridized carbons (Fsp3) is 0.263. The summed E-state index contributed by atoms with van der Waals surface area (Å²) in [5, 5.41) is 19.3. The first-order valence-electron chi connectivity index (χ1n) is 9.28. The predicted octanol–water partition coefficient (Wildman–Crippen LogP) is 2.02. The molecule has 1 fully saturated rings. The molecule has 12 heteroatoms. The molecule has 0 spiro atoms. The lowest BCUT2D eigenvalue weighted by atomic mass is 9.63. The third-order valence-corrected chi connectivity index (χ3v) is 6.15. The van der Waals surface area contributed by atoms with Gasteiger partial charge in [0.05, 0.1) is 15.7 Å². The Balaban J connectivity index is 1.57. The second kappa shape index (κ2) is 7.08. The highest BCUT2D eigenvalue weighted by molar-refractivity contribution is 6.37. The molecule has 1 saturated carbocycles. The number of H-pyrrole nitrogens is 2. The molecule has 0 atom stereocenters.